The van der Waals surface area contributed by atoms with E-state index in [2.05, 4.69) is 16.0 Å². The average Bonchev–Trinajstić information content (AvgIpc) is 1.18. The van der Waals surface area contributed by atoms with Gasteiger partial charge in [0.15, 0.2) is 6.10 Å². The lowest BCUT2D eigenvalue weighted by Crippen LogP contribution is -2.64. The normalized spacial score (nSPS) is 30.1. The van der Waals surface area contributed by atoms with Crippen LogP contribution in [0.3, 0.4) is 0 Å². The van der Waals surface area contributed by atoms with Crippen molar-refractivity contribution in [3.8, 4) is 0 Å². The third kappa shape index (κ3) is 18.8. The Morgan fingerprint density at radius 3 is 1.34 bits per heavy atom. The fraction of sp³-hybridized carbons (Fsp3) is 0.743. The molecule has 5 aliphatic heterocycles. The SMILES string of the molecule is CC[C@H](C)[C@@H]1NC(=O)[C@@H]2CCCN2C(=O)[C@H](C(C)C)N(C)C(=O)C(Cc2ccccc2)OC(=O)[C@@H]2CCCCN2C(=O)[C@H]([C@@H](C)CC)N(C)C(=O)[C@H](C(C)C)N(C)C(=O)[C@H]([C@@H](C)O)N(C)C(=O)[C@H](C(C)C)NC(=O)[C@H]([C@@H](C)O)N(C)C(=O)[C@@H]2CCCN2C(=O)[C@H](C)NC(=O)[C@@H]2CCCCN2C1=O. The summed E-state index contributed by atoms with van der Waals surface area (Å²) < 4.78 is 6.33. The Bertz CT molecular complexity index is 3170. The Kier molecular flexibility index (Phi) is 29.9. The molecule has 0 radical (unpaired) electrons. The predicted octanol–water partition coefficient (Wildman–Crippen LogP) is 2.33. The van der Waals surface area contributed by atoms with E-state index in [-0.39, 0.29) is 58.3 Å². The van der Waals surface area contributed by atoms with E-state index in [1.165, 1.54) is 85.4 Å². The van der Waals surface area contributed by atoms with E-state index in [1.54, 1.807) is 85.7 Å². The molecule has 0 saturated carbocycles. The van der Waals surface area contributed by atoms with Gasteiger partial charge in [0.2, 0.25) is 65.0 Å². The molecular formula is C74H118N12O16. The zero-order valence-electron chi connectivity index (χ0n) is 63.6. The highest BCUT2D eigenvalue weighted by Gasteiger charge is 2.50. The van der Waals surface area contributed by atoms with Crippen LogP contribution in [0.15, 0.2) is 30.3 Å². The van der Waals surface area contributed by atoms with Gasteiger partial charge in [-0.3, -0.25) is 57.5 Å². The van der Waals surface area contributed by atoms with E-state index in [4.69, 9.17) is 4.74 Å². The van der Waals surface area contributed by atoms with Gasteiger partial charge in [0, 0.05) is 67.8 Å². The molecule has 28 nitrogen and oxygen atoms in total. The summed E-state index contributed by atoms with van der Waals surface area (Å²) in [5, 5.41) is 31.2. The summed E-state index contributed by atoms with van der Waals surface area (Å²) in [6.45, 7) is 21.9. The number of carbonyl (C=O) groups excluding carboxylic acids is 13. The topological polar surface area (TPSA) is 337 Å². The first kappa shape index (κ1) is 83.2. The first-order valence-corrected chi connectivity index (χ1v) is 37.0. The summed E-state index contributed by atoms with van der Waals surface area (Å²) in [7, 11) is 6.79. The number of amides is 12. The van der Waals surface area contributed by atoms with Crippen molar-refractivity contribution in [3.63, 3.8) is 0 Å². The van der Waals surface area contributed by atoms with Crippen LogP contribution in [0.4, 0.5) is 0 Å². The van der Waals surface area contributed by atoms with Crippen molar-refractivity contribution >= 4 is 76.9 Å². The largest absolute Gasteiger partial charge is 0.450 e. The molecule has 28 heteroatoms. The number of hydrogen-bond donors (Lipinski definition) is 5. The van der Waals surface area contributed by atoms with Crippen LogP contribution in [0, 0.1) is 29.6 Å². The summed E-state index contributed by atoms with van der Waals surface area (Å²) in [4.78, 5) is 206. The van der Waals surface area contributed by atoms with E-state index in [0.29, 0.717) is 56.9 Å². The van der Waals surface area contributed by atoms with Crippen molar-refractivity contribution in [1.29, 1.82) is 0 Å². The van der Waals surface area contributed by atoms with Crippen LogP contribution >= 0.6 is 0 Å². The second-order valence-electron chi connectivity index (χ2n) is 30.2. The van der Waals surface area contributed by atoms with Crippen LogP contribution in [0.1, 0.15) is 173 Å². The van der Waals surface area contributed by atoms with Gasteiger partial charge in [-0.05, 0) is 120 Å². The number of rotatable bonds is 11. The lowest BCUT2D eigenvalue weighted by atomic mass is 9.92. The number of cyclic esters (lactones) is 1. The predicted molar refractivity (Wildman–Crippen MR) is 379 cm³/mol. The molecule has 0 bridgehead atoms. The number of aliphatic hydroxyl groups excluding tert-OH is 2. The molecule has 1 unspecified atom stereocenters. The van der Waals surface area contributed by atoms with Gasteiger partial charge in [0.25, 0.3) is 5.91 Å². The summed E-state index contributed by atoms with van der Waals surface area (Å²) in [6, 6.07) is -6.56. The smallest absolute Gasteiger partial charge is 0.329 e. The maximum atomic E-state index is 15.5. The second-order valence-corrected chi connectivity index (χ2v) is 30.2. The van der Waals surface area contributed by atoms with E-state index in [9.17, 15) is 39.0 Å². The van der Waals surface area contributed by atoms with E-state index >= 15 is 33.6 Å². The van der Waals surface area contributed by atoms with E-state index in [1.807, 2.05) is 13.8 Å². The van der Waals surface area contributed by atoms with Crippen molar-refractivity contribution in [2.75, 3.05) is 61.4 Å². The number of hydrogen-bond acceptors (Lipinski definition) is 16. The molecule has 6 rings (SSSR count). The molecule has 5 fully saturated rings. The van der Waals surface area contributed by atoms with Crippen LogP contribution in [0.25, 0.3) is 0 Å². The number of carbonyl (C=O) groups is 13. The molecule has 5 aliphatic rings. The van der Waals surface area contributed by atoms with Crippen LogP contribution < -0.4 is 16.0 Å². The molecule has 0 spiro atoms. The number of fused-ring (bicyclic) bond motifs is 4. The van der Waals surface area contributed by atoms with Gasteiger partial charge >= 0.3 is 5.97 Å². The molecule has 5 heterocycles. The molecule has 5 N–H and O–H groups in total. The minimum absolute atomic E-state index is 0.0803. The minimum atomic E-state index is -1.67. The Morgan fingerprint density at radius 1 is 0.402 bits per heavy atom. The van der Waals surface area contributed by atoms with E-state index in [0.717, 1.165) is 14.7 Å². The third-order valence-electron chi connectivity index (χ3n) is 21.8. The maximum absolute atomic E-state index is 15.5. The number of aliphatic hydroxyl groups is 2. The fourth-order valence-corrected chi connectivity index (χ4v) is 15.6. The molecule has 1 aromatic rings. The van der Waals surface area contributed by atoms with Gasteiger partial charge in [-0.2, -0.15) is 0 Å². The number of nitrogens with one attached hydrogen (secondary N) is 3. The molecule has 570 valence electrons. The number of likely N-dealkylation sites (N-methyl/N-ethyl adjacent to an activating group) is 5. The highest BCUT2D eigenvalue weighted by Crippen LogP contribution is 2.31. The highest BCUT2D eigenvalue weighted by atomic mass is 16.6. The summed E-state index contributed by atoms with van der Waals surface area (Å²) in [5.41, 5.74) is 0.621. The number of nitrogens with zero attached hydrogens (tertiary/aromatic N) is 9. The lowest BCUT2D eigenvalue weighted by molar-refractivity contribution is -0.171. The van der Waals surface area contributed by atoms with E-state index < -0.39 is 197 Å². The van der Waals surface area contributed by atoms with Gasteiger partial charge in [-0.15, -0.1) is 0 Å². The summed E-state index contributed by atoms with van der Waals surface area (Å²) in [5.74, 6) is -12.2. The Hall–Kier alpha value is -7.75. The second kappa shape index (κ2) is 36.6. The molecule has 1 aromatic carbocycles. The summed E-state index contributed by atoms with van der Waals surface area (Å²) >= 11 is 0. The van der Waals surface area contributed by atoms with Crippen LogP contribution in [-0.2, 0) is 73.5 Å². The summed E-state index contributed by atoms with van der Waals surface area (Å²) in [6.07, 6.45) is -0.392. The van der Waals surface area contributed by atoms with Crippen molar-refractivity contribution in [1.82, 2.24) is 60.0 Å². The molecule has 17 atom stereocenters. The number of ether oxygens (including phenoxy) is 1. The van der Waals surface area contributed by atoms with Gasteiger partial charge < -0.3 is 75.0 Å². The first-order chi connectivity index (χ1) is 48.0. The monoisotopic (exact) mass is 1430 g/mol. The van der Waals surface area contributed by atoms with Gasteiger partial charge in [0.05, 0.1) is 12.2 Å². The molecule has 0 aromatic heterocycles. The molecular weight excluding hydrogens is 1310 g/mol. The number of esters is 1. The van der Waals surface area contributed by atoms with Crippen molar-refractivity contribution in [2.45, 2.75) is 264 Å². The van der Waals surface area contributed by atoms with Gasteiger partial charge in [-0.1, -0.05) is 112 Å². The van der Waals surface area contributed by atoms with Gasteiger partial charge in [0.1, 0.15) is 72.5 Å². The van der Waals surface area contributed by atoms with Crippen molar-refractivity contribution in [3.05, 3.63) is 35.9 Å². The number of benzene rings is 1. The Balaban J connectivity index is 1.43. The quantitative estimate of drug-likeness (QED) is 0.199. The zero-order chi connectivity index (χ0) is 76.2. The molecule has 5 saturated heterocycles. The zero-order valence-corrected chi connectivity index (χ0v) is 63.6. The maximum Gasteiger partial charge on any atom is 0.329 e. The van der Waals surface area contributed by atoms with Crippen molar-refractivity contribution < 1.29 is 77.3 Å². The highest BCUT2D eigenvalue weighted by molar-refractivity contribution is 6.01. The molecule has 0 aliphatic carbocycles. The van der Waals surface area contributed by atoms with Crippen LogP contribution in [0.2, 0.25) is 0 Å². The average molecular weight is 1430 g/mol. The first-order valence-electron chi connectivity index (χ1n) is 37.0. The number of piperidine rings is 2. The van der Waals surface area contributed by atoms with Gasteiger partial charge in [-0.25, -0.2) is 4.79 Å². The van der Waals surface area contributed by atoms with Crippen LogP contribution in [-0.4, -0.2) is 283 Å². The molecule has 102 heavy (non-hydrogen) atoms. The lowest BCUT2D eigenvalue weighted by Gasteiger charge is -2.43. The standard InChI is InChI=1S/C74H118N12O16/c1-19-44(9)56-69(96)83-36-26-24-32-50(83)62(89)75-46(11)65(92)85-39-29-35-52(85)66(93)81(17)60(47(12)87)64(91)76-55(41(3)4)68(95)82(18)61(48(13)88)71(98)79(15)57(42(5)6)70(97)80(16)59(45(10)20-2)73(100)86-37-27-25-33-53(86)74(101)102-54(40-49-30-22-21-23-31-49)67(94)78(14)58(43(7)8)72(99)84-38-28-34-51(84)63(90)77-56/h21-23,30-31,41-48,50-61,87-88H,19-20,24-29,32-40H2,1-18H3,(H,75,89)(H,76,91)(H,77,90)/t44-,45-,46-,47+,48+,50-,51-,52-,53-,54?,55-,56-,57-,58-,59-,60-,61-/m0/s1. The Labute approximate surface area is 603 Å². The minimum Gasteiger partial charge on any atom is -0.450 e. The third-order valence-corrected chi connectivity index (χ3v) is 21.8. The van der Waals surface area contributed by atoms with Crippen molar-refractivity contribution in [2.24, 2.45) is 29.6 Å². The fourth-order valence-electron chi connectivity index (χ4n) is 15.6. The van der Waals surface area contributed by atoms with Crippen LogP contribution in [0.5, 0.6) is 0 Å². The molecule has 12 amide bonds. The Morgan fingerprint density at radius 2 is 0.814 bits per heavy atom.